The molecule has 1 heterocycles. The van der Waals surface area contributed by atoms with Gasteiger partial charge in [0.25, 0.3) is 11.6 Å². The summed E-state index contributed by atoms with van der Waals surface area (Å²) in [5.41, 5.74) is -1.31. The van der Waals surface area contributed by atoms with E-state index >= 15 is 0 Å². The van der Waals surface area contributed by atoms with Crippen molar-refractivity contribution in [1.29, 1.82) is 0 Å². The average Bonchev–Trinajstić information content (AvgIpc) is 2.81. The van der Waals surface area contributed by atoms with Gasteiger partial charge in [0.1, 0.15) is 11.4 Å². The molecule has 9 nitrogen and oxygen atoms in total. The summed E-state index contributed by atoms with van der Waals surface area (Å²) in [4.78, 5) is 38.4. The molecule has 1 aliphatic rings. The molecule has 0 radical (unpaired) electrons. The number of hydrogen-bond donors (Lipinski definition) is 1. The number of anilines is 1. The van der Waals surface area contributed by atoms with Gasteiger partial charge in [0.05, 0.1) is 23.1 Å². The highest BCUT2D eigenvalue weighted by atomic mass is 19.4. The zero-order chi connectivity index (χ0) is 25.8. The minimum absolute atomic E-state index is 0.00171. The summed E-state index contributed by atoms with van der Waals surface area (Å²) in [5.74, 6) is -0.132. The largest absolute Gasteiger partial charge is 0.491 e. The van der Waals surface area contributed by atoms with Gasteiger partial charge in [-0.2, -0.15) is 13.2 Å². The monoisotopic (exact) mass is 494 g/mol. The fourth-order valence-electron chi connectivity index (χ4n) is 3.64. The normalized spacial score (nSPS) is 14.1. The van der Waals surface area contributed by atoms with Crippen LogP contribution < -0.4 is 15.0 Å². The summed E-state index contributed by atoms with van der Waals surface area (Å²) >= 11 is 0. The molecule has 3 rings (SSSR count). The summed E-state index contributed by atoms with van der Waals surface area (Å²) in [5, 5.41) is 13.9. The number of amides is 2. The molecule has 2 aromatic carbocycles. The molecule has 1 N–H and O–H groups in total. The molecule has 1 aliphatic heterocycles. The van der Waals surface area contributed by atoms with E-state index in [1.165, 1.54) is 4.90 Å². The van der Waals surface area contributed by atoms with Crippen molar-refractivity contribution in [3.05, 3.63) is 63.7 Å². The van der Waals surface area contributed by atoms with Gasteiger partial charge in [-0.3, -0.25) is 19.7 Å². The van der Waals surface area contributed by atoms with Gasteiger partial charge in [0.2, 0.25) is 5.91 Å². The zero-order valence-corrected chi connectivity index (χ0v) is 19.2. The zero-order valence-electron chi connectivity index (χ0n) is 19.2. The summed E-state index contributed by atoms with van der Waals surface area (Å²) in [7, 11) is 0. The third-order valence-corrected chi connectivity index (χ3v) is 5.36. The molecule has 1 saturated heterocycles. The summed E-state index contributed by atoms with van der Waals surface area (Å²) in [6.45, 7) is 4.34. The number of halogens is 3. The second kappa shape index (κ2) is 10.6. The Hall–Kier alpha value is -3.83. The summed E-state index contributed by atoms with van der Waals surface area (Å²) in [6, 6.07) is 8.91. The topological polar surface area (TPSA) is 105 Å². The van der Waals surface area contributed by atoms with E-state index in [1.807, 2.05) is 13.8 Å². The van der Waals surface area contributed by atoms with Gasteiger partial charge < -0.3 is 19.9 Å². The van der Waals surface area contributed by atoms with Gasteiger partial charge in [-0.25, -0.2) is 0 Å². The van der Waals surface area contributed by atoms with Crippen molar-refractivity contribution >= 4 is 23.2 Å². The number of nitrogens with one attached hydrogen (secondary N) is 1. The Morgan fingerprint density at radius 3 is 2.26 bits per heavy atom. The van der Waals surface area contributed by atoms with Crippen molar-refractivity contribution in [2.45, 2.75) is 26.1 Å². The number of carbonyl (C=O) groups excluding carboxylic acids is 2. The maximum absolute atomic E-state index is 12.9. The number of hydrogen-bond acceptors (Lipinski definition) is 6. The molecule has 2 aromatic rings. The first-order chi connectivity index (χ1) is 16.5. The Morgan fingerprint density at radius 2 is 1.71 bits per heavy atom. The minimum Gasteiger partial charge on any atom is -0.491 e. The van der Waals surface area contributed by atoms with Crippen molar-refractivity contribution in [3.8, 4) is 5.75 Å². The van der Waals surface area contributed by atoms with Gasteiger partial charge >= 0.3 is 6.18 Å². The molecular formula is C23H25F3N4O5. The number of piperazine rings is 1. The van der Waals surface area contributed by atoms with Gasteiger partial charge in [-0.15, -0.1) is 0 Å². The highest BCUT2D eigenvalue weighted by Crippen LogP contribution is 2.36. The Kier molecular flexibility index (Phi) is 7.82. The molecule has 2 amide bonds. The lowest BCUT2D eigenvalue weighted by Gasteiger charge is -2.36. The van der Waals surface area contributed by atoms with E-state index in [1.54, 1.807) is 29.2 Å². The van der Waals surface area contributed by atoms with Crippen LogP contribution in [0.15, 0.2) is 42.5 Å². The van der Waals surface area contributed by atoms with Crippen molar-refractivity contribution in [2.75, 3.05) is 37.6 Å². The molecule has 1 fully saturated rings. The van der Waals surface area contributed by atoms with Crippen LogP contribution in [-0.4, -0.2) is 60.5 Å². The Balaban J connectivity index is 1.55. The third-order valence-electron chi connectivity index (χ3n) is 5.36. The lowest BCUT2D eigenvalue weighted by Crippen LogP contribution is -2.51. The van der Waals surface area contributed by atoms with Crippen LogP contribution in [0.2, 0.25) is 0 Å². The van der Waals surface area contributed by atoms with Crippen LogP contribution in [0.3, 0.4) is 0 Å². The Morgan fingerprint density at radius 1 is 1.09 bits per heavy atom. The first kappa shape index (κ1) is 25.8. The van der Waals surface area contributed by atoms with E-state index in [9.17, 15) is 32.9 Å². The molecule has 0 spiro atoms. The molecule has 0 aromatic heterocycles. The Bertz CT molecular complexity index is 1080. The number of alkyl halides is 3. The van der Waals surface area contributed by atoms with Gasteiger partial charge in [-0.05, 0) is 50.2 Å². The number of nitrogens with zero attached hydrogens (tertiary/aromatic N) is 3. The van der Waals surface area contributed by atoms with Gasteiger partial charge in [0, 0.05) is 37.8 Å². The maximum Gasteiger partial charge on any atom is 0.416 e. The molecular weight excluding hydrogens is 469 g/mol. The number of nitro groups is 1. The number of nitro benzene ring substituents is 1. The number of ether oxygens (including phenoxy) is 1. The van der Waals surface area contributed by atoms with Crippen LogP contribution in [0.1, 0.15) is 29.8 Å². The van der Waals surface area contributed by atoms with Crippen LogP contribution in [0.5, 0.6) is 5.75 Å². The van der Waals surface area contributed by atoms with Crippen LogP contribution in [0.25, 0.3) is 0 Å². The van der Waals surface area contributed by atoms with E-state index in [4.69, 9.17) is 4.74 Å². The van der Waals surface area contributed by atoms with Gasteiger partial charge in [-0.1, -0.05) is 0 Å². The van der Waals surface area contributed by atoms with Crippen LogP contribution in [0, 0.1) is 10.1 Å². The smallest absolute Gasteiger partial charge is 0.416 e. The molecule has 35 heavy (non-hydrogen) atoms. The average molecular weight is 494 g/mol. The predicted molar refractivity (Wildman–Crippen MR) is 121 cm³/mol. The van der Waals surface area contributed by atoms with E-state index < -0.39 is 28.3 Å². The first-order valence-corrected chi connectivity index (χ1v) is 10.9. The lowest BCUT2D eigenvalue weighted by atomic mass is 10.1. The molecule has 0 unspecified atom stereocenters. The van der Waals surface area contributed by atoms with Crippen LogP contribution in [0.4, 0.5) is 24.5 Å². The fourth-order valence-corrected chi connectivity index (χ4v) is 3.64. The standard InChI is InChI=1S/C23H25F3N4O5/c1-15(2)35-18-6-3-16(4-7-18)22(32)27-14-21(31)29-11-9-28(10-12-29)19-8-5-17(23(24,25)26)13-20(19)30(33)34/h3-8,13,15H,9-12,14H2,1-2H3,(H,27,32). The second-order valence-electron chi connectivity index (χ2n) is 8.20. The lowest BCUT2D eigenvalue weighted by molar-refractivity contribution is -0.384. The van der Waals surface area contributed by atoms with E-state index in [0.29, 0.717) is 17.4 Å². The van der Waals surface area contributed by atoms with Crippen molar-refractivity contribution < 1.29 is 32.4 Å². The number of carbonyl (C=O) groups is 2. The molecule has 0 aliphatic carbocycles. The quantitative estimate of drug-likeness (QED) is 0.467. The minimum atomic E-state index is -4.69. The molecule has 0 saturated carbocycles. The van der Waals surface area contributed by atoms with E-state index in [2.05, 4.69) is 5.32 Å². The molecule has 12 heteroatoms. The highest BCUT2D eigenvalue weighted by molar-refractivity contribution is 5.96. The second-order valence-corrected chi connectivity index (χ2v) is 8.20. The maximum atomic E-state index is 12.9. The first-order valence-electron chi connectivity index (χ1n) is 10.9. The predicted octanol–water partition coefficient (Wildman–Crippen LogP) is 3.48. The SMILES string of the molecule is CC(C)Oc1ccc(C(=O)NCC(=O)N2CCN(c3ccc(C(F)(F)F)cc3[N+](=O)[O-])CC2)cc1. The molecule has 0 atom stereocenters. The number of benzene rings is 2. The molecule has 0 bridgehead atoms. The third kappa shape index (κ3) is 6.61. The summed E-state index contributed by atoms with van der Waals surface area (Å²) < 4.78 is 44.3. The Labute approximate surface area is 199 Å². The fraction of sp³-hybridized carbons (Fsp3) is 0.391. The highest BCUT2D eigenvalue weighted by Gasteiger charge is 2.34. The van der Waals surface area contributed by atoms with E-state index in [0.717, 1.165) is 12.1 Å². The van der Waals surface area contributed by atoms with Crippen molar-refractivity contribution in [3.63, 3.8) is 0 Å². The summed E-state index contributed by atoms with van der Waals surface area (Å²) in [6.07, 6.45) is -4.69. The van der Waals surface area contributed by atoms with Gasteiger partial charge in [0.15, 0.2) is 0 Å². The van der Waals surface area contributed by atoms with E-state index in [-0.39, 0.29) is 50.4 Å². The van der Waals surface area contributed by atoms with Crippen LogP contribution in [-0.2, 0) is 11.0 Å². The number of rotatable bonds is 7. The van der Waals surface area contributed by atoms with Crippen molar-refractivity contribution in [2.24, 2.45) is 0 Å². The van der Waals surface area contributed by atoms with Crippen LogP contribution >= 0.6 is 0 Å². The van der Waals surface area contributed by atoms with Crippen molar-refractivity contribution in [1.82, 2.24) is 10.2 Å². The molecule has 188 valence electrons.